The zero-order chi connectivity index (χ0) is 32.1. The van der Waals surface area contributed by atoms with Gasteiger partial charge in [0.1, 0.15) is 5.84 Å². The predicted molar refractivity (Wildman–Crippen MR) is 177 cm³/mol. The van der Waals surface area contributed by atoms with E-state index >= 15 is 0 Å². The van der Waals surface area contributed by atoms with E-state index in [-0.39, 0.29) is 23.4 Å². The minimum Gasteiger partial charge on any atom is -0.342 e. The van der Waals surface area contributed by atoms with Crippen molar-refractivity contribution in [1.29, 1.82) is 0 Å². The Bertz CT molecular complexity index is 1440. The number of hydrogen-bond acceptors (Lipinski definition) is 7. The summed E-state index contributed by atoms with van der Waals surface area (Å²) < 4.78 is 30.8. The lowest BCUT2D eigenvalue weighted by atomic mass is 9.79. The van der Waals surface area contributed by atoms with Gasteiger partial charge in [-0.05, 0) is 86.2 Å². The molecule has 250 valence electrons. The number of aromatic nitrogens is 2. The van der Waals surface area contributed by atoms with E-state index in [1.807, 2.05) is 11.0 Å². The van der Waals surface area contributed by atoms with Crippen LogP contribution in [0.25, 0.3) is 11.1 Å². The van der Waals surface area contributed by atoms with E-state index in [1.165, 1.54) is 6.54 Å². The third-order valence-corrected chi connectivity index (χ3v) is 11.6. The second-order valence-corrected chi connectivity index (χ2v) is 14.6. The van der Waals surface area contributed by atoms with Gasteiger partial charge in [0, 0.05) is 82.3 Å². The van der Waals surface area contributed by atoms with Crippen molar-refractivity contribution in [3.8, 4) is 11.1 Å². The summed E-state index contributed by atoms with van der Waals surface area (Å²) in [7, 11) is 1.81. The summed E-state index contributed by atoms with van der Waals surface area (Å²) in [5.41, 5.74) is 3.21. The van der Waals surface area contributed by atoms with Gasteiger partial charge in [-0.3, -0.25) is 14.5 Å². The molecule has 3 unspecified atom stereocenters. The molecule has 6 heterocycles. The molecule has 9 nitrogen and oxygen atoms in total. The molecule has 0 radical (unpaired) electrons. The maximum absolute atomic E-state index is 14.6. The van der Waals surface area contributed by atoms with Crippen LogP contribution >= 0.6 is 0 Å². The van der Waals surface area contributed by atoms with E-state index in [4.69, 9.17) is 5.10 Å². The molecule has 7 rings (SSSR count). The Labute approximate surface area is 272 Å². The molecular formula is C35H50F2N8O. The number of aryl methyl sites for hydroxylation is 2. The van der Waals surface area contributed by atoms with Crippen LogP contribution in [0.15, 0.2) is 29.6 Å². The quantitative estimate of drug-likeness (QED) is 0.518. The van der Waals surface area contributed by atoms with E-state index in [1.54, 1.807) is 37.1 Å². The van der Waals surface area contributed by atoms with Gasteiger partial charge in [-0.2, -0.15) is 10.2 Å². The molecule has 11 heteroatoms. The van der Waals surface area contributed by atoms with E-state index < -0.39 is 6.43 Å². The number of likely N-dealkylation sites (tertiary alicyclic amines) is 2. The highest BCUT2D eigenvalue weighted by atomic mass is 19.3. The summed E-state index contributed by atoms with van der Waals surface area (Å²) >= 11 is 0. The van der Waals surface area contributed by atoms with Crippen LogP contribution in [0.4, 0.5) is 14.5 Å². The van der Waals surface area contributed by atoms with Gasteiger partial charge in [0.05, 0.1) is 18.2 Å². The minimum absolute atomic E-state index is 0.0319. The number of amides is 1. The van der Waals surface area contributed by atoms with Gasteiger partial charge < -0.3 is 20.0 Å². The molecule has 3 saturated heterocycles. The fourth-order valence-electron chi connectivity index (χ4n) is 8.97. The molecule has 5 atom stereocenters. The zero-order valence-electron chi connectivity index (χ0n) is 27.8. The second-order valence-electron chi connectivity index (χ2n) is 14.6. The van der Waals surface area contributed by atoms with Gasteiger partial charge in [0.25, 0.3) is 6.43 Å². The summed E-state index contributed by atoms with van der Waals surface area (Å²) in [5, 5.41) is 15.6. The average molecular weight is 637 g/mol. The summed E-state index contributed by atoms with van der Waals surface area (Å²) in [5.74, 6) is 3.21. The first-order valence-electron chi connectivity index (χ1n) is 17.4. The lowest BCUT2D eigenvalue weighted by Crippen LogP contribution is -2.55. The maximum atomic E-state index is 14.6. The van der Waals surface area contributed by atoms with E-state index in [0.717, 1.165) is 94.4 Å². The Morgan fingerprint density at radius 3 is 2.50 bits per heavy atom. The molecule has 1 amide bonds. The monoisotopic (exact) mass is 636 g/mol. The lowest BCUT2D eigenvalue weighted by Gasteiger charge is -2.44. The predicted octanol–water partition coefficient (Wildman–Crippen LogP) is 4.60. The van der Waals surface area contributed by atoms with Crippen LogP contribution in [0.5, 0.6) is 0 Å². The molecule has 5 aliphatic rings. The third-order valence-electron chi connectivity index (χ3n) is 11.6. The van der Waals surface area contributed by atoms with Gasteiger partial charge in [0.2, 0.25) is 5.91 Å². The molecule has 0 bridgehead atoms. The van der Waals surface area contributed by atoms with Gasteiger partial charge in [-0.1, -0.05) is 13.8 Å². The van der Waals surface area contributed by atoms with Crippen molar-refractivity contribution >= 4 is 17.4 Å². The van der Waals surface area contributed by atoms with Crippen molar-refractivity contribution in [3.63, 3.8) is 0 Å². The number of nitrogens with zero attached hydrogens (tertiary/aromatic N) is 7. The minimum atomic E-state index is -2.61. The molecule has 0 aliphatic carbocycles. The van der Waals surface area contributed by atoms with Crippen LogP contribution in [0, 0.1) is 23.7 Å². The number of alkyl halides is 2. The molecule has 1 aromatic heterocycles. The van der Waals surface area contributed by atoms with Crippen molar-refractivity contribution in [1.82, 2.24) is 29.9 Å². The average Bonchev–Trinajstić information content (AvgIpc) is 3.65. The topological polar surface area (TPSA) is 72.2 Å². The highest BCUT2D eigenvalue weighted by Crippen LogP contribution is 2.42. The van der Waals surface area contributed by atoms with Gasteiger partial charge in [0.15, 0.2) is 0 Å². The van der Waals surface area contributed by atoms with E-state index in [2.05, 4.69) is 39.1 Å². The van der Waals surface area contributed by atoms with Gasteiger partial charge in [-0.25, -0.2) is 8.78 Å². The summed E-state index contributed by atoms with van der Waals surface area (Å²) in [4.78, 5) is 19.4. The summed E-state index contributed by atoms with van der Waals surface area (Å²) in [6, 6.07) is 4.23. The van der Waals surface area contributed by atoms with Crippen LogP contribution in [-0.2, 0) is 18.3 Å². The lowest BCUT2D eigenvalue weighted by molar-refractivity contribution is -0.131. The third kappa shape index (κ3) is 5.93. The second kappa shape index (κ2) is 12.9. The van der Waals surface area contributed by atoms with Crippen LogP contribution in [-0.4, -0.2) is 101 Å². The number of piperidine rings is 3. The van der Waals surface area contributed by atoms with Crippen molar-refractivity contribution in [2.24, 2.45) is 35.8 Å². The molecule has 0 spiro atoms. The largest absolute Gasteiger partial charge is 0.342 e. The van der Waals surface area contributed by atoms with Crippen LogP contribution in [0.2, 0.25) is 0 Å². The number of rotatable bonds is 5. The maximum Gasteiger partial charge on any atom is 0.264 e. The van der Waals surface area contributed by atoms with Crippen LogP contribution in [0.1, 0.15) is 64.0 Å². The first-order chi connectivity index (χ1) is 22.2. The number of carbonyl (C=O) groups excluding carboxylic acids is 1. The number of amidine groups is 1. The number of carbonyl (C=O) groups is 1. The Morgan fingerprint density at radius 1 is 1.07 bits per heavy atom. The SMILES string of the molecule is CC(=O)N1CCC2C(C1)C(N1CCCc3cc(-c4cnn(C)c4)c(C(F)F)cc31)=NN2C1CCN(CC2[C@H](C)CNC[C@@H]2C)CC1. The Hall–Kier alpha value is -3.05. The zero-order valence-corrected chi connectivity index (χ0v) is 27.8. The molecule has 0 saturated carbocycles. The van der Waals surface area contributed by atoms with Crippen molar-refractivity contribution in [3.05, 3.63) is 35.7 Å². The Balaban J connectivity index is 1.16. The normalized spacial score (nSPS) is 29.2. The van der Waals surface area contributed by atoms with Gasteiger partial charge in [-0.15, -0.1) is 0 Å². The molecule has 3 fully saturated rings. The molecule has 2 aromatic rings. The highest BCUT2D eigenvalue weighted by Gasteiger charge is 2.47. The number of hydrogen-bond donors (Lipinski definition) is 1. The highest BCUT2D eigenvalue weighted by molar-refractivity contribution is 6.02. The number of benzene rings is 1. The summed E-state index contributed by atoms with van der Waals surface area (Å²) in [6.45, 7) is 14.1. The number of fused-ring (bicyclic) bond motifs is 2. The van der Waals surface area contributed by atoms with Crippen molar-refractivity contribution in [2.75, 3.05) is 57.3 Å². The molecule has 1 aromatic carbocycles. The number of hydrazone groups is 1. The first kappa shape index (κ1) is 31.5. The standard InChI is InChI=1S/C35H50F2N8O/c1-22-16-38-17-23(2)30(22)20-42-11-7-27(8-12-42)45-32-9-13-43(24(3)46)21-31(32)35(40-45)44-10-5-6-25-14-28(26-18-39-41(4)19-26)29(34(36)37)15-33(25)44/h14-15,18-19,22-23,27,30-32,34,38H,5-13,16-17,20-21H2,1-4H3/t22-,23+,30?,31?,32?. The number of nitrogens with one attached hydrogen (secondary N) is 1. The first-order valence-corrected chi connectivity index (χ1v) is 17.4. The fraction of sp³-hybridized carbons (Fsp3) is 0.686. The van der Waals surface area contributed by atoms with Crippen molar-refractivity contribution < 1.29 is 13.6 Å². The van der Waals surface area contributed by atoms with Crippen LogP contribution < -0.4 is 10.2 Å². The molecular weight excluding hydrogens is 586 g/mol. The van der Waals surface area contributed by atoms with Gasteiger partial charge >= 0.3 is 0 Å². The van der Waals surface area contributed by atoms with E-state index in [0.29, 0.717) is 35.5 Å². The van der Waals surface area contributed by atoms with E-state index in [9.17, 15) is 13.6 Å². The smallest absolute Gasteiger partial charge is 0.264 e. The van der Waals surface area contributed by atoms with Crippen molar-refractivity contribution in [2.45, 2.75) is 71.4 Å². The fourth-order valence-corrected chi connectivity index (χ4v) is 8.97. The Morgan fingerprint density at radius 2 is 1.83 bits per heavy atom. The van der Waals surface area contributed by atoms with Crippen LogP contribution in [0.3, 0.4) is 0 Å². The Kier molecular flexibility index (Phi) is 8.82. The summed E-state index contributed by atoms with van der Waals surface area (Å²) in [6.07, 6.45) is 5.64. The number of anilines is 1. The molecule has 46 heavy (non-hydrogen) atoms. The number of halogens is 2. The molecule has 1 N–H and O–H groups in total. The molecule has 5 aliphatic heterocycles.